The van der Waals surface area contributed by atoms with Gasteiger partial charge in [-0.05, 0) is 56.6 Å². The molecule has 0 aliphatic heterocycles. The van der Waals surface area contributed by atoms with E-state index >= 15 is 0 Å². The first-order valence-corrected chi connectivity index (χ1v) is 8.14. The topological polar surface area (TPSA) is 0 Å². The van der Waals surface area contributed by atoms with Crippen LogP contribution in [-0.4, -0.2) is 0 Å². The highest BCUT2D eigenvalue weighted by Gasteiger charge is 2.20. The number of rotatable bonds is 0. The summed E-state index contributed by atoms with van der Waals surface area (Å²) in [7, 11) is 0. The van der Waals surface area contributed by atoms with E-state index in [0.717, 1.165) is 5.56 Å². The van der Waals surface area contributed by atoms with Gasteiger partial charge in [0.1, 0.15) is 0 Å². The van der Waals surface area contributed by atoms with Gasteiger partial charge in [-0.25, -0.2) is 0 Å². The molecule has 24 heavy (non-hydrogen) atoms. The van der Waals surface area contributed by atoms with Gasteiger partial charge in [0.2, 0.25) is 0 Å². The van der Waals surface area contributed by atoms with Gasteiger partial charge in [-0.2, -0.15) is 0 Å². The van der Waals surface area contributed by atoms with E-state index in [1.54, 1.807) is 0 Å². The van der Waals surface area contributed by atoms with E-state index in [2.05, 4.69) is 91.0 Å². The monoisotopic (exact) mass is 302 g/mol. The molecule has 0 unspecified atom stereocenters. The van der Waals surface area contributed by atoms with Crippen molar-refractivity contribution >= 4 is 0 Å². The first kappa shape index (κ1) is 13.3. The molecule has 110 valence electrons. The normalized spacial score (nSPS) is 11.3. The van der Waals surface area contributed by atoms with Crippen molar-refractivity contribution in [1.82, 2.24) is 0 Å². The lowest BCUT2D eigenvalue weighted by Crippen LogP contribution is -1.96. The maximum Gasteiger partial charge on any atom is -0.000740 e. The minimum Gasteiger partial charge on any atom is -0.0616 e. The molecule has 0 heteroatoms. The van der Waals surface area contributed by atoms with Gasteiger partial charge < -0.3 is 0 Å². The summed E-state index contributed by atoms with van der Waals surface area (Å²) in [6, 6.07) is 36.5. The molecule has 0 nitrogen and oxygen atoms in total. The van der Waals surface area contributed by atoms with Crippen molar-refractivity contribution in [3.8, 4) is 44.5 Å². The SMILES string of the molecule is [c]1[c]c2c(cc1)-c1ccccc1-c1ccccc1-c1ccccc1-2. The Hall–Kier alpha value is -3.12. The quantitative estimate of drug-likeness (QED) is 0.316. The Morgan fingerprint density at radius 2 is 0.833 bits per heavy atom. The smallest absolute Gasteiger partial charge is 0.000740 e. The molecule has 0 atom stereocenters. The van der Waals surface area contributed by atoms with Crippen LogP contribution < -0.4 is 0 Å². The molecule has 0 spiro atoms. The second-order valence-corrected chi connectivity index (χ2v) is 6.03. The van der Waals surface area contributed by atoms with Crippen LogP contribution in [0.1, 0.15) is 0 Å². The maximum atomic E-state index is 3.36. The van der Waals surface area contributed by atoms with E-state index in [1.165, 1.54) is 38.9 Å². The molecule has 4 aromatic rings. The fraction of sp³-hybridized carbons (Fsp3) is 0. The van der Waals surface area contributed by atoms with E-state index in [0.29, 0.717) is 0 Å². The van der Waals surface area contributed by atoms with Gasteiger partial charge in [-0.1, -0.05) is 84.9 Å². The molecular formula is C24H14. The molecule has 5 rings (SSSR count). The fourth-order valence-electron chi connectivity index (χ4n) is 3.67. The first-order valence-electron chi connectivity index (χ1n) is 8.14. The maximum absolute atomic E-state index is 3.36. The zero-order chi connectivity index (χ0) is 15.9. The average Bonchev–Trinajstić information content (AvgIpc) is 2.67. The Morgan fingerprint density at radius 3 is 1.38 bits per heavy atom. The third kappa shape index (κ3) is 1.87. The molecule has 2 radical (unpaired) electrons. The van der Waals surface area contributed by atoms with E-state index in [4.69, 9.17) is 0 Å². The zero-order valence-electron chi connectivity index (χ0n) is 13.1. The summed E-state index contributed by atoms with van der Waals surface area (Å²) in [4.78, 5) is 0. The highest BCUT2D eigenvalue weighted by atomic mass is 14.2. The van der Waals surface area contributed by atoms with Crippen molar-refractivity contribution in [3.05, 3.63) is 97.1 Å². The Labute approximate surface area is 142 Å². The molecule has 0 saturated heterocycles. The lowest BCUT2D eigenvalue weighted by Gasteiger charge is -2.22. The Kier molecular flexibility index (Phi) is 2.89. The Balaban J connectivity index is 2.01. The third-order valence-corrected chi connectivity index (χ3v) is 4.72. The van der Waals surface area contributed by atoms with E-state index in [9.17, 15) is 0 Å². The van der Waals surface area contributed by atoms with Crippen LogP contribution in [0.2, 0.25) is 0 Å². The van der Waals surface area contributed by atoms with Crippen LogP contribution in [0.5, 0.6) is 0 Å². The van der Waals surface area contributed by atoms with Crippen molar-refractivity contribution in [2.75, 3.05) is 0 Å². The van der Waals surface area contributed by atoms with Gasteiger partial charge in [-0.15, -0.1) is 0 Å². The zero-order valence-corrected chi connectivity index (χ0v) is 13.1. The van der Waals surface area contributed by atoms with Crippen LogP contribution in [0, 0.1) is 12.1 Å². The molecule has 0 aromatic heterocycles. The van der Waals surface area contributed by atoms with Crippen LogP contribution in [0.15, 0.2) is 84.9 Å². The highest BCUT2D eigenvalue weighted by molar-refractivity contribution is 6.02. The summed E-state index contributed by atoms with van der Waals surface area (Å²) < 4.78 is 0. The van der Waals surface area contributed by atoms with Crippen molar-refractivity contribution in [1.29, 1.82) is 0 Å². The predicted molar refractivity (Wildman–Crippen MR) is 99.4 cm³/mol. The number of hydrogen-bond acceptors (Lipinski definition) is 0. The molecule has 1 aliphatic rings. The van der Waals surface area contributed by atoms with Crippen LogP contribution >= 0.6 is 0 Å². The summed E-state index contributed by atoms with van der Waals surface area (Å²) in [6.07, 6.45) is 0. The second kappa shape index (κ2) is 5.21. The van der Waals surface area contributed by atoms with Crippen molar-refractivity contribution in [3.63, 3.8) is 0 Å². The van der Waals surface area contributed by atoms with Gasteiger partial charge in [0.25, 0.3) is 0 Å². The standard InChI is InChI=1S/C24H14/c1-2-10-18-17(9-1)19-11-3-4-13-21(19)23-15-7-8-16-24(23)22-14-6-5-12-20(18)22/h1-7,9-15H. The largest absolute Gasteiger partial charge is 0.0616 e. The van der Waals surface area contributed by atoms with Crippen molar-refractivity contribution < 1.29 is 0 Å². The van der Waals surface area contributed by atoms with Gasteiger partial charge in [0.05, 0.1) is 0 Å². The summed E-state index contributed by atoms with van der Waals surface area (Å²) in [5, 5.41) is 0. The van der Waals surface area contributed by atoms with E-state index < -0.39 is 0 Å². The molecule has 0 saturated carbocycles. The lowest BCUT2D eigenvalue weighted by atomic mass is 9.81. The highest BCUT2D eigenvalue weighted by Crippen LogP contribution is 2.46. The van der Waals surface area contributed by atoms with Gasteiger partial charge in [0.15, 0.2) is 0 Å². The average molecular weight is 302 g/mol. The molecule has 0 bridgehead atoms. The summed E-state index contributed by atoms with van der Waals surface area (Å²) in [5.41, 5.74) is 9.86. The molecule has 0 fully saturated rings. The number of benzene rings is 4. The molecule has 4 aromatic carbocycles. The molecule has 0 amide bonds. The Morgan fingerprint density at radius 1 is 0.417 bits per heavy atom. The van der Waals surface area contributed by atoms with Crippen LogP contribution in [0.3, 0.4) is 0 Å². The summed E-state index contributed by atoms with van der Waals surface area (Å²) in [5.74, 6) is 0. The number of fused-ring (bicyclic) bond motifs is 8. The summed E-state index contributed by atoms with van der Waals surface area (Å²) >= 11 is 0. The molecule has 0 heterocycles. The van der Waals surface area contributed by atoms with E-state index in [-0.39, 0.29) is 0 Å². The summed E-state index contributed by atoms with van der Waals surface area (Å²) in [6.45, 7) is 0. The lowest BCUT2D eigenvalue weighted by molar-refractivity contribution is 1.51. The first-order chi connectivity index (χ1) is 11.9. The molecular weight excluding hydrogens is 288 g/mol. The van der Waals surface area contributed by atoms with Crippen LogP contribution in [0.25, 0.3) is 44.5 Å². The van der Waals surface area contributed by atoms with Crippen LogP contribution in [-0.2, 0) is 0 Å². The van der Waals surface area contributed by atoms with Crippen LogP contribution in [0.4, 0.5) is 0 Å². The minimum absolute atomic E-state index is 1.12. The predicted octanol–water partition coefficient (Wildman–Crippen LogP) is 6.27. The number of hydrogen-bond donors (Lipinski definition) is 0. The van der Waals surface area contributed by atoms with Gasteiger partial charge in [0, 0.05) is 0 Å². The third-order valence-electron chi connectivity index (χ3n) is 4.72. The molecule has 0 N–H and O–H groups in total. The van der Waals surface area contributed by atoms with Crippen molar-refractivity contribution in [2.45, 2.75) is 0 Å². The minimum atomic E-state index is 1.12. The second-order valence-electron chi connectivity index (χ2n) is 6.03. The van der Waals surface area contributed by atoms with Gasteiger partial charge in [-0.3, -0.25) is 0 Å². The Bertz CT molecular complexity index is 769. The molecule has 1 aliphatic carbocycles. The van der Waals surface area contributed by atoms with E-state index in [1.807, 2.05) is 6.07 Å². The fourth-order valence-corrected chi connectivity index (χ4v) is 3.67. The van der Waals surface area contributed by atoms with Gasteiger partial charge >= 0.3 is 0 Å². The van der Waals surface area contributed by atoms with Crippen molar-refractivity contribution in [2.24, 2.45) is 0 Å².